The van der Waals surface area contributed by atoms with E-state index in [2.05, 4.69) is 22.7 Å². The normalized spacial score (nSPS) is 14.9. The highest BCUT2D eigenvalue weighted by Gasteiger charge is 2.29. The highest BCUT2D eigenvalue weighted by Crippen LogP contribution is 2.40. The van der Waals surface area contributed by atoms with Crippen molar-refractivity contribution in [2.24, 2.45) is 5.92 Å². The van der Waals surface area contributed by atoms with E-state index in [4.69, 9.17) is 21.5 Å². The molecule has 1 aliphatic rings. The molecule has 2 heterocycles. The van der Waals surface area contributed by atoms with Crippen molar-refractivity contribution in [3.63, 3.8) is 0 Å². The Kier molecular flexibility index (Phi) is 6.90. The largest absolute Gasteiger partial charge is 0.462 e. The van der Waals surface area contributed by atoms with Crippen LogP contribution < -0.4 is 10.6 Å². The molecule has 1 aliphatic carbocycles. The first kappa shape index (κ1) is 23.1. The summed E-state index contributed by atoms with van der Waals surface area (Å²) in [6.07, 6.45) is 2.75. The summed E-state index contributed by atoms with van der Waals surface area (Å²) in [5.74, 6) is 0.140. The fourth-order valence-electron chi connectivity index (χ4n) is 3.99. The number of ether oxygens (including phenoxy) is 1. The molecule has 4 rings (SSSR count). The molecule has 9 heteroatoms. The van der Waals surface area contributed by atoms with Crippen molar-refractivity contribution in [3.8, 4) is 11.3 Å². The molecule has 0 aliphatic heterocycles. The maximum atomic E-state index is 13.1. The van der Waals surface area contributed by atoms with E-state index in [-0.39, 0.29) is 17.7 Å². The number of hydrogen-bond acceptors (Lipinski definition) is 7. The van der Waals surface area contributed by atoms with Gasteiger partial charge in [-0.2, -0.15) is 0 Å². The summed E-state index contributed by atoms with van der Waals surface area (Å²) in [4.78, 5) is 26.9. The molecule has 0 spiro atoms. The zero-order chi connectivity index (χ0) is 23.5. The number of aryl methyl sites for hydroxylation is 1. The van der Waals surface area contributed by atoms with Crippen LogP contribution in [0.15, 0.2) is 34.9 Å². The van der Waals surface area contributed by atoms with E-state index in [1.165, 1.54) is 11.3 Å². The number of aromatic nitrogens is 1. The third kappa shape index (κ3) is 4.84. The fraction of sp³-hybridized carbons (Fsp3) is 0.333. The van der Waals surface area contributed by atoms with Crippen LogP contribution >= 0.6 is 23.6 Å². The van der Waals surface area contributed by atoms with Crippen LogP contribution in [0.1, 0.15) is 57.2 Å². The third-order valence-electron chi connectivity index (χ3n) is 5.58. The number of thiocarbonyl (C=S) groups is 1. The van der Waals surface area contributed by atoms with E-state index in [0.717, 1.165) is 35.3 Å². The molecule has 3 aromatic rings. The van der Waals surface area contributed by atoms with Crippen LogP contribution in [0.4, 0.5) is 5.00 Å². The minimum Gasteiger partial charge on any atom is -0.462 e. The molecule has 1 unspecified atom stereocenters. The van der Waals surface area contributed by atoms with Crippen molar-refractivity contribution in [2.75, 3.05) is 11.9 Å². The van der Waals surface area contributed by atoms with Crippen molar-refractivity contribution in [1.82, 2.24) is 10.5 Å². The molecule has 2 aromatic heterocycles. The predicted molar refractivity (Wildman–Crippen MR) is 132 cm³/mol. The van der Waals surface area contributed by atoms with Gasteiger partial charge in [0.25, 0.3) is 5.91 Å². The highest BCUT2D eigenvalue weighted by atomic mass is 32.1. The Morgan fingerprint density at radius 3 is 2.76 bits per heavy atom. The van der Waals surface area contributed by atoms with Gasteiger partial charge in [0.15, 0.2) is 5.11 Å². The van der Waals surface area contributed by atoms with Gasteiger partial charge in [0, 0.05) is 10.4 Å². The Balaban J connectivity index is 1.56. The van der Waals surface area contributed by atoms with Crippen LogP contribution in [-0.2, 0) is 17.6 Å². The van der Waals surface area contributed by atoms with E-state index in [0.29, 0.717) is 33.5 Å². The maximum Gasteiger partial charge on any atom is 0.341 e. The van der Waals surface area contributed by atoms with Crippen LogP contribution in [0.2, 0.25) is 0 Å². The van der Waals surface area contributed by atoms with Gasteiger partial charge >= 0.3 is 5.97 Å². The Morgan fingerprint density at radius 2 is 2.03 bits per heavy atom. The Morgan fingerprint density at radius 1 is 1.27 bits per heavy atom. The number of rotatable bonds is 5. The number of thiophene rings is 1. The monoisotopic (exact) mass is 483 g/mol. The molecule has 33 heavy (non-hydrogen) atoms. The number of hydrogen-bond donors (Lipinski definition) is 2. The molecule has 1 amide bonds. The number of nitrogens with one attached hydrogen (secondary N) is 2. The lowest BCUT2D eigenvalue weighted by molar-refractivity contribution is 0.0526. The fourth-order valence-corrected chi connectivity index (χ4v) is 5.65. The summed E-state index contributed by atoms with van der Waals surface area (Å²) in [6, 6.07) is 9.33. The first-order chi connectivity index (χ1) is 15.9. The van der Waals surface area contributed by atoms with Crippen molar-refractivity contribution in [3.05, 3.63) is 57.7 Å². The van der Waals surface area contributed by atoms with Gasteiger partial charge in [-0.25, -0.2) is 4.79 Å². The second-order valence-corrected chi connectivity index (χ2v) is 9.53. The van der Waals surface area contributed by atoms with Crippen LogP contribution in [-0.4, -0.2) is 28.8 Å². The average Bonchev–Trinajstić information content (AvgIpc) is 3.34. The van der Waals surface area contributed by atoms with E-state index >= 15 is 0 Å². The van der Waals surface area contributed by atoms with E-state index in [9.17, 15) is 9.59 Å². The van der Waals surface area contributed by atoms with Gasteiger partial charge in [-0.3, -0.25) is 10.1 Å². The Hall–Kier alpha value is -3.04. The summed E-state index contributed by atoms with van der Waals surface area (Å²) in [6.45, 7) is 5.95. The zero-order valence-electron chi connectivity index (χ0n) is 18.7. The molecule has 1 aromatic carbocycles. The van der Waals surface area contributed by atoms with Gasteiger partial charge in [0.2, 0.25) is 0 Å². The number of carbonyl (C=O) groups excluding carboxylic acids is 2. The molecular weight excluding hydrogens is 458 g/mol. The Labute approximate surface area is 201 Å². The van der Waals surface area contributed by atoms with E-state index < -0.39 is 5.91 Å². The number of nitrogens with zero attached hydrogens (tertiary/aromatic N) is 1. The number of fused-ring (bicyclic) bond motifs is 1. The predicted octanol–water partition coefficient (Wildman–Crippen LogP) is 5.14. The van der Waals surface area contributed by atoms with Crippen LogP contribution in [0.3, 0.4) is 0 Å². The molecule has 7 nitrogen and oxygen atoms in total. The van der Waals surface area contributed by atoms with Gasteiger partial charge < -0.3 is 14.6 Å². The van der Waals surface area contributed by atoms with Crippen LogP contribution in [0.5, 0.6) is 0 Å². The molecule has 2 N–H and O–H groups in total. The molecule has 0 fully saturated rings. The molecule has 0 radical (unpaired) electrons. The van der Waals surface area contributed by atoms with Crippen molar-refractivity contribution < 1.29 is 18.8 Å². The van der Waals surface area contributed by atoms with Gasteiger partial charge in [0.05, 0.1) is 12.2 Å². The number of anilines is 1. The lowest BCUT2D eigenvalue weighted by Gasteiger charge is -2.18. The van der Waals surface area contributed by atoms with E-state index in [1.807, 2.05) is 30.3 Å². The maximum absolute atomic E-state index is 13.1. The second-order valence-electron chi connectivity index (χ2n) is 8.01. The molecule has 1 atom stereocenters. The second kappa shape index (κ2) is 9.84. The standard InChI is InChI=1S/C24H25N3O4S2/c1-4-30-23(29)19-16-11-10-13(2)12-17(16)33-22(19)26-24(32)25-21(28)18-14(3)31-27-20(18)15-8-6-5-7-9-15/h5-9,13H,4,10-12H2,1-3H3,(H2,25,26,28,32). The van der Waals surface area contributed by atoms with Gasteiger partial charge in [-0.05, 0) is 56.8 Å². The molecule has 0 saturated heterocycles. The number of benzene rings is 1. The smallest absolute Gasteiger partial charge is 0.341 e. The Bertz CT molecular complexity index is 1200. The summed E-state index contributed by atoms with van der Waals surface area (Å²) in [7, 11) is 0. The lowest BCUT2D eigenvalue weighted by atomic mass is 9.88. The SMILES string of the molecule is CCOC(=O)c1c(NC(=S)NC(=O)c2c(-c3ccccc3)noc2C)sc2c1CCC(C)C2. The minimum atomic E-state index is -0.433. The topological polar surface area (TPSA) is 93.5 Å². The van der Waals surface area contributed by atoms with E-state index in [1.54, 1.807) is 13.8 Å². The van der Waals surface area contributed by atoms with Crippen LogP contribution in [0, 0.1) is 12.8 Å². The third-order valence-corrected chi connectivity index (χ3v) is 6.96. The van der Waals surface area contributed by atoms with Gasteiger partial charge in [0.1, 0.15) is 22.0 Å². The molecule has 172 valence electrons. The zero-order valence-corrected chi connectivity index (χ0v) is 20.3. The average molecular weight is 484 g/mol. The summed E-state index contributed by atoms with van der Waals surface area (Å²) >= 11 is 6.92. The van der Waals surface area contributed by atoms with Gasteiger partial charge in [-0.1, -0.05) is 42.4 Å². The first-order valence-electron chi connectivity index (χ1n) is 10.8. The molecule has 0 saturated carbocycles. The van der Waals surface area contributed by atoms with Crippen molar-refractivity contribution in [2.45, 2.75) is 40.0 Å². The molecular formula is C24H25N3O4S2. The number of amides is 1. The quantitative estimate of drug-likeness (QED) is 0.383. The lowest BCUT2D eigenvalue weighted by Crippen LogP contribution is -2.34. The highest BCUT2D eigenvalue weighted by molar-refractivity contribution is 7.80. The molecule has 0 bridgehead atoms. The first-order valence-corrected chi connectivity index (χ1v) is 12.1. The number of carbonyl (C=O) groups is 2. The van der Waals surface area contributed by atoms with Crippen molar-refractivity contribution >= 4 is 45.5 Å². The summed E-state index contributed by atoms with van der Waals surface area (Å²) in [5, 5.41) is 10.5. The van der Waals surface area contributed by atoms with Gasteiger partial charge in [-0.15, -0.1) is 11.3 Å². The number of esters is 1. The summed E-state index contributed by atoms with van der Waals surface area (Å²) < 4.78 is 10.6. The summed E-state index contributed by atoms with van der Waals surface area (Å²) in [5.41, 5.74) is 3.07. The van der Waals surface area contributed by atoms with Crippen LogP contribution in [0.25, 0.3) is 11.3 Å². The van der Waals surface area contributed by atoms with Crippen molar-refractivity contribution in [1.29, 1.82) is 0 Å². The minimum absolute atomic E-state index is 0.0943.